The van der Waals surface area contributed by atoms with Crippen molar-refractivity contribution in [3.8, 4) is 0 Å². The van der Waals surface area contributed by atoms with Crippen molar-refractivity contribution >= 4 is 23.1 Å². The molecular formula is C11H14ClN3O2. The zero-order valence-electron chi connectivity index (χ0n) is 9.60. The van der Waals surface area contributed by atoms with Gasteiger partial charge in [0.1, 0.15) is 5.82 Å². The molecule has 1 saturated heterocycles. The Balaban J connectivity index is 2.22. The molecule has 1 aliphatic heterocycles. The van der Waals surface area contributed by atoms with E-state index in [4.69, 9.17) is 11.6 Å². The van der Waals surface area contributed by atoms with Gasteiger partial charge in [-0.3, -0.25) is 10.1 Å². The summed E-state index contributed by atoms with van der Waals surface area (Å²) in [5.74, 6) is 1.35. The summed E-state index contributed by atoms with van der Waals surface area (Å²) >= 11 is 5.80. The highest BCUT2D eigenvalue weighted by molar-refractivity contribution is 6.31. The van der Waals surface area contributed by atoms with E-state index in [0.29, 0.717) is 5.92 Å². The van der Waals surface area contributed by atoms with E-state index in [-0.39, 0.29) is 10.8 Å². The Morgan fingerprint density at radius 1 is 1.59 bits per heavy atom. The molecule has 0 N–H and O–H groups in total. The van der Waals surface area contributed by atoms with Crippen LogP contribution in [0.4, 0.5) is 11.5 Å². The number of hydrogen-bond acceptors (Lipinski definition) is 4. The Labute approximate surface area is 105 Å². The quantitative estimate of drug-likeness (QED) is 0.463. The van der Waals surface area contributed by atoms with Crippen molar-refractivity contribution in [3.05, 3.63) is 27.4 Å². The topological polar surface area (TPSA) is 59.3 Å². The zero-order chi connectivity index (χ0) is 12.4. The number of piperidine rings is 1. The van der Waals surface area contributed by atoms with Gasteiger partial charge >= 0.3 is 5.69 Å². The number of pyridine rings is 1. The van der Waals surface area contributed by atoms with Crippen LogP contribution >= 0.6 is 11.6 Å². The SMILES string of the molecule is C[C@@H]1CCCN(c2ccc([N+](=O)[O-])c(Cl)n2)C1. The van der Waals surface area contributed by atoms with Crippen LogP contribution < -0.4 is 4.90 Å². The van der Waals surface area contributed by atoms with Gasteiger partial charge < -0.3 is 4.90 Å². The third-order valence-electron chi connectivity index (χ3n) is 2.99. The minimum Gasteiger partial charge on any atom is -0.356 e. The van der Waals surface area contributed by atoms with Crippen LogP contribution in [0.5, 0.6) is 0 Å². The minimum absolute atomic E-state index is 0.0364. The van der Waals surface area contributed by atoms with Crippen LogP contribution in [0.3, 0.4) is 0 Å². The predicted molar refractivity (Wildman–Crippen MR) is 66.5 cm³/mol. The molecular weight excluding hydrogens is 242 g/mol. The van der Waals surface area contributed by atoms with Crippen LogP contribution in [0.1, 0.15) is 19.8 Å². The second kappa shape index (κ2) is 4.87. The fourth-order valence-electron chi connectivity index (χ4n) is 2.13. The zero-order valence-corrected chi connectivity index (χ0v) is 10.4. The van der Waals surface area contributed by atoms with Crippen molar-refractivity contribution in [3.63, 3.8) is 0 Å². The number of halogens is 1. The summed E-state index contributed by atoms with van der Waals surface area (Å²) in [6, 6.07) is 3.09. The van der Waals surface area contributed by atoms with Gasteiger partial charge in [-0.2, -0.15) is 0 Å². The number of nitrogens with zero attached hydrogens (tertiary/aromatic N) is 3. The smallest absolute Gasteiger partial charge is 0.306 e. The summed E-state index contributed by atoms with van der Waals surface area (Å²) in [6.07, 6.45) is 2.34. The Hall–Kier alpha value is -1.36. The first-order valence-corrected chi connectivity index (χ1v) is 6.01. The lowest BCUT2D eigenvalue weighted by molar-refractivity contribution is -0.385. The maximum Gasteiger partial charge on any atom is 0.306 e. The lowest BCUT2D eigenvalue weighted by Crippen LogP contribution is -2.34. The summed E-state index contributed by atoms with van der Waals surface area (Å²) in [6.45, 7) is 4.06. The molecule has 1 aromatic rings. The van der Waals surface area contributed by atoms with E-state index in [9.17, 15) is 10.1 Å². The van der Waals surface area contributed by atoms with Crippen molar-refractivity contribution < 1.29 is 4.92 Å². The number of hydrogen-bond donors (Lipinski definition) is 0. The van der Waals surface area contributed by atoms with E-state index in [1.54, 1.807) is 6.07 Å². The van der Waals surface area contributed by atoms with Crippen LogP contribution in [0.2, 0.25) is 5.15 Å². The molecule has 0 bridgehead atoms. The summed E-state index contributed by atoms with van der Waals surface area (Å²) in [5.41, 5.74) is -0.138. The normalized spacial score (nSPS) is 20.4. The molecule has 0 aromatic carbocycles. The Kier molecular flexibility index (Phi) is 3.47. The average molecular weight is 256 g/mol. The van der Waals surface area contributed by atoms with Crippen molar-refractivity contribution in [1.29, 1.82) is 0 Å². The van der Waals surface area contributed by atoms with Gasteiger partial charge in [0.25, 0.3) is 0 Å². The standard InChI is InChI=1S/C11H14ClN3O2/c1-8-3-2-6-14(7-8)10-5-4-9(15(16)17)11(12)13-10/h4-5,8H,2-3,6-7H2,1H3/t8-/m1/s1. The first-order valence-electron chi connectivity index (χ1n) is 5.64. The molecule has 6 heteroatoms. The number of anilines is 1. The van der Waals surface area contributed by atoms with E-state index >= 15 is 0 Å². The van der Waals surface area contributed by atoms with E-state index < -0.39 is 4.92 Å². The molecule has 2 heterocycles. The van der Waals surface area contributed by atoms with Gasteiger partial charge in [0, 0.05) is 19.2 Å². The molecule has 1 fully saturated rings. The Morgan fingerprint density at radius 2 is 2.35 bits per heavy atom. The maximum absolute atomic E-state index is 10.6. The Bertz CT molecular complexity index is 439. The van der Waals surface area contributed by atoms with Gasteiger partial charge in [-0.05, 0) is 24.8 Å². The monoisotopic (exact) mass is 255 g/mol. The lowest BCUT2D eigenvalue weighted by Gasteiger charge is -2.31. The highest BCUT2D eigenvalue weighted by atomic mass is 35.5. The second-order valence-electron chi connectivity index (χ2n) is 4.43. The van der Waals surface area contributed by atoms with Crippen LogP contribution in [0, 0.1) is 16.0 Å². The molecule has 0 unspecified atom stereocenters. The molecule has 0 spiro atoms. The number of aromatic nitrogens is 1. The summed E-state index contributed by atoms with van der Waals surface area (Å²) in [4.78, 5) is 16.3. The fourth-order valence-corrected chi connectivity index (χ4v) is 2.35. The minimum atomic E-state index is -0.516. The largest absolute Gasteiger partial charge is 0.356 e. The molecule has 0 aliphatic carbocycles. The molecule has 1 aliphatic rings. The molecule has 92 valence electrons. The molecule has 1 aromatic heterocycles. The lowest BCUT2D eigenvalue weighted by atomic mass is 10.0. The predicted octanol–water partition coefficient (Wildman–Crippen LogP) is 2.88. The Morgan fingerprint density at radius 3 is 2.94 bits per heavy atom. The molecule has 1 atom stereocenters. The van der Waals surface area contributed by atoms with Crippen molar-refractivity contribution in [2.75, 3.05) is 18.0 Å². The first-order chi connectivity index (χ1) is 8.08. The van der Waals surface area contributed by atoms with Crippen molar-refractivity contribution in [1.82, 2.24) is 4.98 Å². The van der Waals surface area contributed by atoms with Crippen LogP contribution in [0.15, 0.2) is 12.1 Å². The first kappa shape index (κ1) is 12.1. The summed E-state index contributed by atoms with van der Waals surface area (Å²) in [5, 5.41) is 10.6. The van der Waals surface area contributed by atoms with Crippen molar-refractivity contribution in [2.24, 2.45) is 5.92 Å². The van der Waals surface area contributed by atoms with Crippen LogP contribution in [0.25, 0.3) is 0 Å². The van der Waals surface area contributed by atoms with Gasteiger partial charge in [0.2, 0.25) is 5.15 Å². The maximum atomic E-state index is 10.6. The molecule has 0 amide bonds. The van der Waals surface area contributed by atoms with Crippen LogP contribution in [-0.4, -0.2) is 23.0 Å². The second-order valence-corrected chi connectivity index (χ2v) is 4.79. The third-order valence-corrected chi connectivity index (χ3v) is 3.27. The van der Waals surface area contributed by atoms with Crippen LogP contribution in [-0.2, 0) is 0 Å². The third kappa shape index (κ3) is 2.66. The molecule has 5 nitrogen and oxygen atoms in total. The molecule has 0 radical (unpaired) electrons. The van der Waals surface area contributed by atoms with E-state index in [1.807, 2.05) is 0 Å². The van der Waals surface area contributed by atoms with E-state index in [2.05, 4.69) is 16.8 Å². The van der Waals surface area contributed by atoms with Gasteiger partial charge in [-0.15, -0.1) is 0 Å². The molecule has 17 heavy (non-hydrogen) atoms. The van der Waals surface area contributed by atoms with Gasteiger partial charge in [0.05, 0.1) is 4.92 Å². The van der Waals surface area contributed by atoms with E-state index in [1.165, 1.54) is 12.5 Å². The van der Waals surface area contributed by atoms with Gasteiger partial charge in [0.15, 0.2) is 0 Å². The van der Waals surface area contributed by atoms with Gasteiger partial charge in [-0.25, -0.2) is 4.98 Å². The fraction of sp³-hybridized carbons (Fsp3) is 0.545. The average Bonchev–Trinajstić information content (AvgIpc) is 2.28. The number of rotatable bonds is 2. The summed E-state index contributed by atoms with van der Waals surface area (Å²) in [7, 11) is 0. The molecule has 0 saturated carbocycles. The highest BCUT2D eigenvalue weighted by Gasteiger charge is 2.20. The number of nitro groups is 1. The summed E-state index contributed by atoms with van der Waals surface area (Å²) < 4.78 is 0. The molecule has 2 rings (SSSR count). The van der Waals surface area contributed by atoms with E-state index in [0.717, 1.165) is 25.3 Å². The van der Waals surface area contributed by atoms with Gasteiger partial charge in [-0.1, -0.05) is 18.5 Å². The highest BCUT2D eigenvalue weighted by Crippen LogP contribution is 2.27. The van der Waals surface area contributed by atoms with Crippen molar-refractivity contribution in [2.45, 2.75) is 19.8 Å².